The summed E-state index contributed by atoms with van der Waals surface area (Å²) in [5.41, 5.74) is 6.52. The number of aromatic nitrogens is 2. The van der Waals surface area contributed by atoms with Crippen LogP contribution in [0.1, 0.15) is 25.3 Å². The average molecular weight is 749 g/mol. The van der Waals surface area contributed by atoms with Crippen molar-refractivity contribution in [3.05, 3.63) is 145 Å². The summed E-state index contributed by atoms with van der Waals surface area (Å²) in [5.74, 6) is 0.432. The Morgan fingerprint density at radius 3 is 2.19 bits per heavy atom. The molecule has 4 heteroatoms. The molecule has 3 heterocycles. The van der Waals surface area contributed by atoms with Crippen molar-refractivity contribution in [1.29, 1.82) is 0 Å². The summed E-state index contributed by atoms with van der Waals surface area (Å²) < 4.78 is 2.55. The van der Waals surface area contributed by atoms with Crippen LogP contribution in [0.15, 0.2) is 128 Å². The fourth-order valence-corrected chi connectivity index (χ4v) is 6.77. The molecule has 0 saturated carbocycles. The topological polar surface area (TPSA) is 25.8 Å². The van der Waals surface area contributed by atoms with E-state index in [1.807, 2.05) is 53.8 Å². The molecule has 0 bridgehead atoms. The zero-order valence-electron chi connectivity index (χ0n) is 23.8. The normalized spacial score (nSPS) is 11.0. The monoisotopic (exact) mass is 749 g/mol. The molecule has 8 aromatic rings. The van der Waals surface area contributed by atoms with Crippen molar-refractivity contribution >= 4 is 53.2 Å². The Hall–Kier alpha value is -4.21. The van der Waals surface area contributed by atoms with Crippen molar-refractivity contribution < 1.29 is 20.1 Å². The molecule has 211 valence electrons. The smallest absolute Gasteiger partial charge is 0.0624 e. The number of rotatable bonds is 3. The van der Waals surface area contributed by atoms with Gasteiger partial charge in [-0.15, -0.1) is 76.4 Å². The molecular weight excluding hydrogens is 721 g/mol. The number of pyridine rings is 2. The van der Waals surface area contributed by atoms with Crippen LogP contribution in [0.3, 0.4) is 0 Å². The molecule has 43 heavy (non-hydrogen) atoms. The molecule has 0 aliphatic carbocycles. The van der Waals surface area contributed by atoms with Gasteiger partial charge in [0.15, 0.2) is 0 Å². The standard InChI is InChI=1S/C28H20NS.C11H8N.Ir/c1-17(2)23-16-19(15-18-9-3-4-10-20(18)23)27-28-26(21-11-5-7-13-24(21)29-27)22-12-6-8-14-25(22)30-28;1-2-6-10(7-3-1)11-8-4-5-9-12-11;/h3-14,16-17H,1-2H3;1-6,8-9H;/q2*-1;. The summed E-state index contributed by atoms with van der Waals surface area (Å²) in [5, 5.41) is 6.28. The van der Waals surface area contributed by atoms with Crippen LogP contribution in [-0.4, -0.2) is 9.97 Å². The summed E-state index contributed by atoms with van der Waals surface area (Å²) >= 11 is 1.84. The summed E-state index contributed by atoms with van der Waals surface area (Å²) in [7, 11) is 0. The quantitative estimate of drug-likeness (QED) is 0.168. The van der Waals surface area contributed by atoms with E-state index < -0.39 is 0 Å². The van der Waals surface area contributed by atoms with Crippen LogP contribution in [0.2, 0.25) is 0 Å². The third-order valence-electron chi connectivity index (χ3n) is 7.55. The molecule has 0 saturated heterocycles. The number of thiophene rings is 1. The Kier molecular flexibility index (Phi) is 8.44. The molecule has 0 amide bonds. The molecule has 0 unspecified atom stereocenters. The van der Waals surface area contributed by atoms with Gasteiger partial charge in [-0.1, -0.05) is 91.5 Å². The first kappa shape index (κ1) is 28.9. The van der Waals surface area contributed by atoms with Crippen molar-refractivity contribution in [2.45, 2.75) is 19.8 Å². The van der Waals surface area contributed by atoms with E-state index in [0.717, 1.165) is 33.4 Å². The van der Waals surface area contributed by atoms with Gasteiger partial charge in [-0.25, -0.2) is 0 Å². The molecule has 0 spiro atoms. The first-order chi connectivity index (χ1) is 20.7. The van der Waals surface area contributed by atoms with Crippen LogP contribution in [-0.2, 0) is 20.1 Å². The third kappa shape index (κ3) is 5.62. The fraction of sp³-hybridized carbons (Fsp3) is 0.0769. The Morgan fingerprint density at radius 1 is 0.698 bits per heavy atom. The van der Waals surface area contributed by atoms with Gasteiger partial charge in [-0.05, 0) is 29.8 Å². The zero-order valence-corrected chi connectivity index (χ0v) is 27.0. The maximum absolute atomic E-state index is 5.16. The summed E-state index contributed by atoms with van der Waals surface area (Å²) in [6.45, 7) is 4.52. The molecule has 3 aromatic heterocycles. The van der Waals surface area contributed by atoms with E-state index in [1.54, 1.807) is 6.20 Å². The summed E-state index contributed by atoms with van der Waals surface area (Å²) in [6.07, 6.45) is 1.79. The van der Waals surface area contributed by atoms with Gasteiger partial charge < -0.3 is 4.98 Å². The van der Waals surface area contributed by atoms with E-state index in [0.29, 0.717) is 5.92 Å². The predicted octanol–water partition coefficient (Wildman–Crippen LogP) is 10.9. The van der Waals surface area contributed by atoms with E-state index in [4.69, 9.17) is 4.98 Å². The molecule has 2 nitrogen and oxygen atoms in total. The van der Waals surface area contributed by atoms with Gasteiger partial charge in [-0.3, -0.25) is 4.98 Å². The Balaban J connectivity index is 0.000000213. The van der Waals surface area contributed by atoms with E-state index in [2.05, 4.69) is 110 Å². The van der Waals surface area contributed by atoms with Gasteiger partial charge in [0.05, 0.1) is 5.52 Å². The maximum atomic E-state index is 5.16. The first-order valence-corrected chi connectivity index (χ1v) is 15.0. The Labute approximate surface area is 269 Å². The Bertz CT molecular complexity index is 2130. The zero-order chi connectivity index (χ0) is 28.5. The van der Waals surface area contributed by atoms with E-state index in [9.17, 15) is 0 Å². The Morgan fingerprint density at radius 2 is 1.42 bits per heavy atom. The van der Waals surface area contributed by atoms with Crippen LogP contribution in [0.4, 0.5) is 0 Å². The number of hydrogen-bond acceptors (Lipinski definition) is 3. The maximum Gasteiger partial charge on any atom is 0.0624 e. The molecule has 0 atom stereocenters. The second-order valence-electron chi connectivity index (χ2n) is 10.6. The average Bonchev–Trinajstić information content (AvgIpc) is 3.45. The van der Waals surface area contributed by atoms with Crippen molar-refractivity contribution in [3.63, 3.8) is 0 Å². The summed E-state index contributed by atoms with van der Waals surface area (Å²) in [6, 6.07) is 48.5. The third-order valence-corrected chi connectivity index (χ3v) is 8.73. The van der Waals surface area contributed by atoms with Gasteiger partial charge in [0.25, 0.3) is 0 Å². The molecule has 8 rings (SSSR count). The molecule has 0 aliphatic rings. The minimum absolute atomic E-state index is 0. The number of hydrogen-bond donors (Lipinski definition) is 0. The molecular formula is C39H28IrN2S-2. The van der Waals surface area contributed by atoms with Crippen LogP contribution < -0.4 is 0 Å². The van der Waals surface area contributed by atoms with Crippen molar-refractivity contribution in [2.75, 3.05) is 0 Å². The minimum atomic E-state index is 0. The van der Waals surface area contributed by atoms with Gasteiger partial charge >= 0.3 is 0 Å². The second-order valence-corrected chi connectivity index (χ2v) is 11.7. The van der Waals surface area contributed by atoms with E-state index in [-0.39, 0.29) is 20.1 Å². The van der Waals surface area contributed by atoms with Gasteiger partial charge in [0.2, 0.25) is 0 Å². The molecule has 5 aromatic carbocycles. The minimum Gasteiger partial charge on any atom is -0.305 e. The summed E-state index contributed by atoms with van der Waals surface area (Å²) in [4.78, 5) is 9.37. The van der Waals surface area contributed by atoms with Gasteiger partial charge in [-0.2, -0.15) is 0 Å². The number of nitrogens with zero attached hydrogens (tertiary/aromatic N) is 2. The van der Waals surface area contributed by atoms with Crippen LogP contribution >= 0.6 is 11.3 Å². The van der Waals surface area contributed by atoms with Gasteiger partial charge in [0.1, 0.15) is 0 Å². The van der Waals surface area contributed by atoms with E-state index in [1.165, 1.54) is 36.5 Å². The van der Waals surface area contributed by atoms with Crippen LogP contribution in [0.5, 0.6) is 0 Å². The number of fused-ring (bicyclic) bond motifs is 6. The molecule has 0 aliphatic heterocycles. The van der Waals surface area contributed by atoms with Crippen molar-refractivity contribution in [3.8, 4) is 22.5 Å². The predicted molar refractivity (Wildman–Crippen MR) is 179 cm³/mol. The van der Waals surface area contributed by atoms with E-state index >= 15 is 0 Å². The first-order valence-electron chi connectivity index (χ1n) is 14.2. The number of para-hydroxylation sites is 1. The van der Waals surface area contributed by atoms with Crippen molar-refractivity contribution in [2.24, 2.45) is 0 Å². The van der Waals surface area contributed by atoms with Crippen LogP contribution in [0.25, 0.3) is 64.4 Å². The largest absolute Gasteiger partial charge is 0.305 e. The number of benzene rings is 5. The van der Waals surface area contributed by atoms with Crippen molar-refractivity contribution in [1.82, 2.24) is 9.97 Å². The fourth-order valence-electron chi connectivity index (χ4n) is 5.55. The van der Waals surface area contributed by atoms with Crippen LogP contribution in [0, 0.1) is 12.1 Å². The SMILES string of the molecule is CC(C)c1cc(-c2nc3ccccc3c3c2sc2ccccc23)[c-]c2ccccc12.[Ir].[c-]1ccccc1-c1ccccn1. The molecule has 0 N–H and O–H groups in total. The second kappa shape index (κ2) is 12.6. The molecule has 1 radical (unpaired) electrons. The van der Waals surface area contributed by atoms with Gasteiger partial charge in [0, 0.05) is 57.6 Å². The molecule has 0 fully saturated rings.